The van der Waals surface area contributed by atoms with Crippen LogP contribution in [0.25, 0.3) is 10.9 Å². The molecule has 1 aromatic heterocycles. The molecule has 3 aromatic rings. The highest BCUT2D eigenvalue weighted by molar-refractivity contribution is 6.31. The standard InChI is InChI=1S/C16H12ClFN2O2/c17-13-8-15-12(7-14(13)18)5-6-20(15)9-10-1-3-11(4-2-10)16(21)19-22/h1-8,22H,9H2,(H,19,21). The first kappa shape index (κ1) is 14.6. The summed E-state index contributed by atoms with van der Waals surface area (Å²) in [6, 6.07) is 11.7. The van der Waals surface area contributed by atoms with Gasteiger partial charge in [0.15, 0.2) is 0 Å². The summed E-state index contributed by atoms with van der Waals surface area (Å²) in [6.45, 7) is 0.562. The molecule has 0 spiro atoms. The molecule has 0 saturated heterocycles. The average Bonchev–Trinajstić information content (AvgIpc) is 2.90. The van der Waals surface area contributed by atoms with Crippen LogP contribution in [-0.2, 0) is 6.54 Å². The lowest BCUT2D eigenvalue weighted by Crippen LogP contribution is -2.18. The summed E-state index contributed by atoms with van der Waals surface area (Å²) in [6.07, 6.45) is 1.86. The highest BCUT2D eigenvalue weighted by Crippen LogP contribution is 2.24. The summed E-state index contributed by atoms with van der Waals surface area (Å²) in [4.78, 5) is 11.3. The number of amides is 1. The Labute approximate surface area is 130 Å². The zero-order chi connectivity index (χ0) is 15.7. The van der Waals surface area contributed by atoms with Crippen molar-refractivity contribution in [2.45, 2.75) is 6.54 Å². The van der Waals surface area contributed by atoms with Crippen molar-refractivity contribution in [1.82, 2.24) is 10.0 Å². The van der Waals surface area contributed by atoms with E-state index in [1.165, 1.54) is 6.07 Å². The zero-order valence-electron chi connectivity index (χ0n) is 11.4. The van der Waals surface area contributed by atoms with Gasteiger partial charge in [-0.25, -0.2) is 9.87 Å². The van der Waals surface area contributed by atoms with E-state index in [9.17, 15) is 9.18 Å². The average molecular weight is 319 g/mol. The third-order valence-electron chi connectivity index (χ3n) is 3.48. The van der Waals surface area contributed by atoms with Crippen LogP contribution in [0, 0.1) is 5.82 Å². The summed E-state index contributed by atoms with van der Waals surface area (Å²) in [5.74, 6) is -0.994. The summed E-state index contributed by atoms with van der Waals surface area (Å²) in [7, 11) is 0. The lowest BCUT2D eigenvalue weighted by atomic mass is 10.1. The number of hydrogen-bond acceptors (Lipinski definition) is 2. The number of hydrogen-bond donors (Lipinski definition) is 2. The monoisotopic (exact) mass is 318 g/mol. The van der Waals surface area contributed by atoms with Gasteiger partial charge in [-0.05, 0) is 35.9 Å². The Kier molecular flexibility index (Phi) is 3.83. The van der Waals surface area contributed by atoms with Crippen LogP contribution >= 0.6 is 11.6 Å². The summed E-state index contributed by atoms with van der Waals surface area (Å²) in [5, 5.41) is 9.45. The van der Waals surface area contributed by atoms with Crippen molar-refractivity contribution in [2.24, 2.45) is 0 Å². The quantitative estimate of drug-likeness (QED) is 0.572. The molecule has 0 saturated carbocycles. The molecule has 112 valence electrons. The fraction of sp³-hybridized carbons (Fsp3) is 0.0625. The summed E-state index contributed by atoms with van der Waals surface area (Å²) in [5.41, 5.74) is 3.76. The molecule has 0 fully saturated rings. The highest BCUT2D eigenvalue weighted by atomic mass is 35.5. The van der Waals surface area contributed by atoms with Crippen LogP contribution in [0.4, 0.5) is 4.39 Å². The van der Waals surface area contributed by atoms with Gasteiger partial charge in [0.1, 0.15) is 5.82 Å². The Morgan fingerprint density at radius 3 is 2.64 bits per heavy atom. The minimum absolute atomic E-state index is 0.0856. The SMILES string of the molecule is O=C(NO)c1ccc(Cn2ccc3cc(F)c(Cl)cc32)cc1. The second kappa shape index (κ2) is 5.79. The number of carbonyl (C=O) groups is 1. The topological polar surface area (TPSA) is 54.3 Å². The minimum Gasteiger partial charge on any atom is -0.343 e. The van der Waals surface area contributed by atoms with E-state index in [0.29, 0.717) is 12.1 Å². The first-order chi connectivity index (χ1) is 10.6. The van der Waals surface area contributed by atoms with Gasteiger partial charge in [-0.1, -0.05) is 23.7 Å². The van der Waals surface area contributed by atoms with E-state index >= 15 is 0 Å². The van der Waals surface area contributed by atoms with Crippen LogP contribution in [0.3, 0.4) is 0 Å². The van der Waals surface area contributed by atoms with Crippen molar-refractivity contribution in [3.05, 3.63) is 70.6 Å². The number of hydroxylamine groups is 1. The second-order valence-electron chi connectivity index (χ2n) is 4.91. The first-order valence-corrected chi connectivity index (χ1v) is 6.93. The maximum absolute atomic E-state index is 13.4. The predicted octanol–water partition coefficient (Wildman–Crippen LogP) is 3.60. The molecule has 0 bridgehead atoms. The van der Waals surface area contributed by atoms with Gasteiger partial charge in [0.2, 0.25) is 0 Å². The fourth-order valence-electron chi connectivity index (χ4n) is 2.35. The highest BCUT2D eigenvalue weighted by Gasteiger charge is 2.08. The van der Waals surface area contributed by atoms with Gasteiger partial charge in [0.05, 0.1) is 5.02 Å². The lowest BCUT2D eigenvalue weighted by Gasteiger charge is -2.07. The van der Waals surface area contributed by atoms with Crippen LogP contribution in [-0.4, -0.2) is 15.7 Å². The molecule has 1 amide bonds. The van der Waals surface area contributed by atoms with Crippen molar-refractivity contribution >= 4 is 28.4 Å². The van der Waals surface area contributed by atoms with Gasteiger partial charge in [-0.2, -0.15) is 0 Å². The lowest BCUT2D eigenvalue weighted by molar-refractivity contribution is 0.0706. The van der Waals surface area contributed by atoms with Crippen molar-refractivity contribution in [3.63, 3.8) is 0 Å². The molecule has 0 aliphatic heterocycles. The number of halogens is 2. The van der Waals surface area contributed by atoms with Crippen molar-refractivity contribution in [2.75, 3.05) is 0 Å². The van der Waals surface area contributed by atoms with E-state index in [-0.39, 0.29) is 5.02 Å². The number of rotatable bonds is 3. The van der Waals surface area contributed by atoms with Gasteiger partial charge in [-0.3, -0.25) is 10.0 Å². The van der Waals surface area contributed by atoms with E-state index in [2.05, 4.69) is 0 Å². The number of fused-ring (bicyclic) bond motifs is 1. The van der Waals surface area contributed by atoms with E-state index in [4.69, 9.17) is 16.8 Å². The van der Waals surface area contributed by atoms with Gasteiger partial charge >= 0.3 is 0 Å². The number of benzene rings is 2. The minimum atomic E-state index is -0.555. The molecule has 2 N–H and O–H groups in total. The maximum atomic E-state index is 13.4. The third-order valence-corrected chi connectivity index (χ3v) is 3.77. The molecular formula is C16H12ClFN2O2. The predicted molar refractivity (Wildman–Crippen MR) is 81.7 cm³/mol. The molecule has 0 aliphatic carbocycles. The Balaban J connectivity index is 1.90. The van der Waals surface area contributed by atoms with Crippen LogP contribution < -0.4 is 5.48 Å². The van der Waals surface area contributed by atoms with Crippen LogP contribution in [0.5, 0.6) is 0 Å². The second-order valence-corrected chi connectivity index (χ2v) is 5.31. The summed E-state index contributed by atoms with van der Waals surface area (Å²) < 4.78 is 15.4. The zero-order valence-corrected chi connectivity index (χ0v) is 12.1. The number of carbonyl (C=O) groups excluding carboxylic acids is 1. The molecule has 4 nitrogen and oxygen atoms in total. The molecular weight excluding hydrogens is 307 g/mol. The molecule has 0 unspecified atom stereocenters. The Bertz CT molecular complexity index is 843. The molecule has 0 atom stereocenters. The van der Waals surface area contributed by atoms with E-state index in [0.717, 1.165) is 16.5 Å². The van der Waals surface area contributed by atoms with Crippen molar-refractivity contribution in [3.8, 4) is 0 Å². The largest absolute Gasteiger partial charge is 0.343 e. The number of nitrogens with zero attached hydrogens (tertiary/aromatic N) is 1. The van der Waals surface area contributed by atoms with Gasteiger partial charge in [0.25, 0.3) is 5.91 Å². The van der Waals surface area contributed by atoms with Crippen LogP contribution in [0.2, 0.25) is 5.02 Å². The van der Waals surface area contributed by atoms with Crippen molar-refractivity contribution in [1.29, 1.82) is 0 Å². The Morgan fingerprint density at radius 1 is 1.23 bits per heavy atom. The van der Waals surface area contributed by atoms with Crippen molar-refractivity contribution < 1.29 is 14.4 Å². The van der Waals surface area contributed by atoms with Crippen LogP contribution in [0.15, 0.2) is 48.7 Å². The van der Waals surface area contributed by atoms with Gasteiger partial charge in [-0.15, -0.1) is 0 Å². The van der Waals surface area contributed by atoms with Gasteiger partial charge < -0.3 is 4.57 Å². The fourth-order valence-corrected chi connectivity index (χ4v) is 2.50. The van der Waals surface area contributed by atoms with E-state index in [1.807, 2.05) is 16.8 Å². The molecule has 0 radical (unpaired) electrons. The molecule has 22 heavy (non-hydrogen) atoms. The molecule has 3 rings (SSSR count). The summed E-state index contributed by atoms with van der Waals surface area (Å²) >= 11 is 5.83. The normalized spacial score (nSPS) is 10.9. The van der Waals surface area contributed by atoms with E-state index in [1.54, 1.807) is 35.8 Å². The Hall–Kier alpha value is -2.37. The van der Waals surface area contributed by atoms with Crippen LogP contribution in [0.1, 0.15) is 15.9 Å². The first-order valence-electron chi connectivity index (χ1n) is 6.56. The number of aromatic nitrogens is 1. The smallest absolute Gasteiger partial charge is 0.274 e. The Morgan fingerprint density at radius 2 is 1.95 bits per heavy atom. The van der Waals surface area contributed by atoms with E-state index < -0.39 is 11.7 Å². The third kappa shape index (κ3) is 2.68. The molecule has 6 heteroatoms. The maximum Gasteiger partial charge on any atom is 0.274 e. The molecule has 1 heterocycles. The van der Waals surface area contributed by atoms with Gasteiger partial charge in [0, 0.05) is 29.2 Å². The molecule has 0 aliphatic rings. The number of nitrogens with one attached hydrogen (secondary N) is 1. The molecule has 2 aromatic carbocycles.